The second-order valence-corrected chi connectivity index (χ2v) is 10.1. The molecule has 39 heavy (non-hydrogen) atoms. The summed E-state index contributed by atoms with van der Waals surface area (Å²) < 4.78 is 45.6. The predicted molar refractivity (Wildman–Crippen MR) is 134 cm³/mol. The zero-order chi connectivity index (χ0) is 29.3. The molecule has 1 saturated heterocycles. The Balaban J connectivity index is 2.10. The average Bonchev–Trinajstić information content (AvgIpc) is 2.81. The third kappa shape index (κ3) is 7.18. The number of hydrogen-bond acceptors (Lipinski definition) is 5. The van der Waals surface area contributed by atoms with Gasteiger partial charge in [-0.1, -0.05) is 12.1 Å². The van der Waals surface area contributed by atoms with Crippen molar-refractivity contribution in [2.45, 2.75) is 45.5 Å². The molecule has 0 spiro atoms. The zero-order valence-electron chi connectivity index (χ0n) is 21.6. The van der Waals surface area contributed by atoms with E-state index in [2.05, 4.69) is 5.32 Å². The van der Waals surface area contributed by atoms with E-state index in [4.69, 9.17) is 4.74 Å². The molecule has 0 bridgehead atoms. The van der Waals surface area contributed by atoms with Crippen LogP contribution in [0.1, 0.15) is 42.3 Å². The third-order valence-corrected chi connectivity index (χ3v) is 5.82. The summed E-state index contributed by atoms with van der Waals surface area (Å²) >= 11 is 0. The standard InChI is InChI=1S/C26H28F3N3O7/c1-14-9-16(11-17(10-14)26(27,28)29)15-5-6-19(30-23(36)39-25(2,3)4)18(12-15)21(33)32-8-7-31(24(37)38)13-20(32)22(34)35/h5-6,9-12,20H,7-8,13H2,1-4H3,(H,30,36)(H,34,35)(H,37,38)/t20-/m0/s1. The Bertz CT molecular complexity index is 1300. The van der Waals surface area contributed by atoms with Crippen molar-refractivity contribution in [3.8, 4) is 11.1 Å². The van der Waals surface area contributed by atoms with Crippen LogP contribution in [-0.4, -0.2) is 75.4 Å². The number of piperazine rings is 1. The van der Waals surface area contributed by atoms with Crippen LogP contribution in [0.15, 0.2) is 36.4 Å². The molecule has 1 aliphatic heterocycles. The number of nitrogens with one attached hydrogen (secondary N) is 1. The second-order valence-electron chi connectivity index (χ2n) is 10.1. The molecule has 2 aromatic rings. The van der Waals surface area contributed by atoms with Gasteiger partial charge in [-0.25, -0.2) is 14.4 Å². The van der Waals surface area contributed by atoms with Gasteiger partial charge in [0, 0.05) is 13.1 Å². The molecule has 0 unspecified atom stereocenters. The second kappa shape index (κ2) is 10.8. The quantitative estimate of drug-likeness (QED) is 0.491. The van der Waals surface area contributed by atoms with Crippen LogP contribution in [0.5, 0.6) is 0 Å². The number of carboxylic acid groups (broad SMARTS) is 2. The van der Waals surface area contributed by atoms with Crippen molar-refractivity contribution < 1.29 is 47.3 Å². The number of nitrogens with zero attached hydrogens (tertiary/aromatic N) is 2. The Labute approximate surface area is 222 Å². The summed E-state index contributed by atoms with van der Waals surface area (Å²) in [7, 11) is 0. The van der Waals surface area contributed by atoms with Crippen molar-refractivity contribution in [1.29, 1.82) is 0 Å². The number of benzene rings is 2. The van der Waals surface area contributed by atoms with E-state index in [9.17, 15) is 42.6 Å². The van der Waals surface area contributed by atoms with Crippen LogP contribution in [0.3, 0.4) is 0 Å². The van der Waals surface area contributed by atoms with Crippen LogP contribution in [0, 0.1) is 6.92 Å². The first-order valence-electron chi connectivity index (χ1n) is 11.8. The lowest BCUT2D eigenvalue weighted by Gasteiger charge is -2.38. The molecule has 0 saturated carbocycles. The Kier molecular flexibility index (Phi) is 8.13. The molecule has 3 amide bonds. The fourth-order valence-electron chi connectivity index (χ4n) is 4.10. The molecule has 0 aromatic heterocycles. The van der Waals surface area contributed by atoms with Gasteiger partial charge in [0.05, 0.1) is 23.4 Å². The van der Waals surface area contributed by atoms with Gasteiger partial charge >= 0.3 is 24.3 Å². The Morgan fingerprint density at radius 3 is 2.21 bits per heavy atom. The first-order chi connectivity index (χ1) is 18.0. The number of anilines is 1. The summed E-state index contributed by atoms with van der Waals surface area (Å²) in [6.45, 7) is 5.44. The Hall–Kier alpha value is -4.29. The largest absolute Gasteiger partial charge is 0.480 e. The number of hydrogen-bond donors (Lipinski definition) is 3. The van der Waals surface area contributed by atoms with Crippen LogP contribution in [0.25, 0.3) is 11.1 Å². The summed E-state index contributed by atoms with van der Waals surface area (Å²) in [5, 5.41) is 21.4. The van der Waals surface area contributed by atoms with Gasteiger partial charge in [-0.3, -0.25) is 10.1 Å². The number of amides is 3. The number of rotatable bonds is 4. The lowest BCUT2D eigenvalue weighted by molar-refractivity contribution is -0.144. The number of carboxylic acids is 1. The lowest BCUT2D eigenvalue weighted by atomic mass is 9.97. The molecule has 1 fully saturated rings. The number of halogens is 3. The molecule has 13 heteroatoms. The molecule has 0 radical (unpaired) electrons. The van der Waals surface area contributed by atoms with E-state index < -0.39 is 54.0 Å². The molecule has 210 valence electrons. The molecule has 2 aromatic carbocycles. The number of ether oxygens (including phenoxy) is 1. The Morgan fingerprint density at radius 2 is 1.64 bits per heavy atom. The van der Waals surface area contributed by atoms with Gasteiger partial charge in [0.1, 0.15) is 11.6 Å². The molecule has 3 rings (SSSR count). The smallest absolute Gasteiger partial charge is 0.416 e. The summed E-state index contributed by atoms with van der Waals surface area (Å²) in [4.78, 5) is 51.3. The molecule has 10 nitrogen and oxygen atoms in total. The van der Waals surface area contributed by atoms with E-state index in [-0.39, 0.29) is 35.5 Å². The molecule has 1 heterocycles. The normalized spacial score (nSPS) is 16.0. The molecule has 1 aliphatic rings. The van der Waals surface area contributed by atoms with E-state index in [1.54, 1.807) is 20.8 Å². The maximum Gasteiger partial charge on any atom is 0.416 e. The van der Waals surface area contributed by atoms with Gasteiger partial charge in [-0.15, -0.1) is 0 Å². The third-order valence-electron chi connectivity index (χ3n) is 5.82. The van der Waals surface area contributed by atoms with Gasteiger partial charge in [-0.2, -0.15) is 13.2 Å². The number of aryl methyl sites for hydroxylation is 1. The highest BCUT2D eigenvalue weighted by Gasteiger charge is 2.38. The fraction of sp³-hybridized carbons (Fsp3) is 0.385. The van der Waals surface area contributed by atoms with E-state index in [1.165, 1.54) is 31.2 Å². The zero-order valence-corrected chi connectivity index (χ0v) is 21.6. The lowest BCUT2D eigenvalue weighted by Crippen LogP contribution is -2.59. The van der Waals surface area contributed by atoms with Crippen molar-refractivity contribution in [2.75, 3.05) is 25.0 Å². The minimum Gasteiger partial charge on any atom is -0.480 e. The highest BCUT2D eigenvalue weighted by atomic mass is 19.4. The molecule has 3 N–H and O–H groups in total. The number of carbonyl (C=O) groups is 4. The van der Waals surface area contributed by atoms with Crippen LogP contribution in [0.4, 0.5) is 28.4 Å². The van der Waals surface area contributed by atoms with Crippen LogP contribution in [-0.2, 0) is 15.7 Å². The van der Waals surface area contributed by atoms with Crippen LogP contribution < -0.4 is 5.32 Å². The summed E-state index contributed by atoms with van der Waals surface area (Å²) in [5.74, 6) is -2.30. The summed E-state index contributed by atoms with van der Waals surface area (Å²) in [6, 6.07) is 5.84. The predicted octanol–water partition coefficient (Wildman–Crippen LogP) is 4.92. The van der Waals surface area contributed by atoms with Gasteiger partial charge in [0.2, 0.25) is 0 Å². The van der Waals surface area contributed by atoms with Crippen LogP contribution >= 0.6 is 0 Å². The van der Waals surface area contributed by atoms with Crippen molar-refractivity contribution >= 4 is 29.8 Å². The van der Waals surface area contributed by atoms with Crippen molar-refractivity contribution in [1.82, 2.24) is 9.80 Å². The SMILES string of the molecule is Cc1cc(-c2ccc(NC(=O)OC(C)(C)C)c(C(=O)N3CCN(C(=O)O)C[C@H]3C(=O)O)c2)cc(C(F)(F)F)c1. The number of aliphatic carboxylic acids is 1. The van der Waals surface area contributed by atoms with Crippen molar-refractivity contribution in [3.05, 3.63) is 53.1 Å². The fourth-order valence-corrected chi connectivity index (χ4v) is 4.10. The topological polar surface area (TPSA) is 136 Å². The van der Waals surface area contributed by atoms with E-state index in [0.29, 0.717) is 5.56 Å². The highest BCUT2D eigenvalue weighted by molar-refractivity contribution is 6.05. The first-order valence-corrected chi connectivity index (χ1v) is 11.8. The van der Waals surface area contributed by atoms with E-state index in [1.807, 2.05) is 0 Å². The number of carbonyl (C=O) groups excluding carboxylic acids is 2. The van der Waals surface area contributed by atoms with Crippen molar-refractivity contribution in [2.24, 2.45) is 0 Å². The molecular weight excluding hydrogens is 523 g/mol. The van der Waals surface area contributed by atoms with E-state index >= 15 is 0 Å². The van der Waals surface area contributed by atoms with Crippen LogP contribution in [0.2, 0.25) is 0 Å². The maximum absolute atomic E-state index is 13.7. The van der Waals surface area contributed by atoms with Gasteiger partial charge in [0.25, 0.3) is 5.91 Å². The summed E-state index contributed by atoms with van der Waals surface area (Å²) in [6.07, 6.45) is -6.87. The monoisotopic (exact) mass is 551 g/mol. The van der Waals surface area contributed by atoms with E-state index in [0.717, 1.165) is 21.9 Å². The minimum atomic E-state index is -4.61. The summed E-state index contributed by atoms with van der Waals surface area (Å²) in [5.41, 5.74) is -1.37. The first kappa shape index (κ1) is 29.3. The maximum atomic E-state index is 13.7. The highest BCUT2D eigenvalue weighted by Crippen LogP contribution is 2.35. The molecular formula is C26H28F3N3O7. The average molecular weight is 552 g/mol. The van der Waals surface area contributed by atoms with Crippen molar-refractivity contribution in [3.63, 3.8) is 0 Å². The number of alkyl halides is 3. The Morgan fingerprint density at radius 1 is 0.974 bits per heavy atom. The molecule has 0 aliphatic carbocycles. The van der Waals surface area contributed by atoms with Gasteiger partial charge < -0.3 is 24.7 Å². The van der Waals surface area contributed by atoms with Gasteiger partial charge in [-0.05, 0) is 68.7 Å². The van der Waals surface area contributed by atoms with Gasteiger partial charge in [0.15, 0.2) is 0 Å². The molecule has 1 atom stereocenters. The minimum absolute atomic E-state index is 0.0634.